The molecule has 0 saturated heterocycles. The van der Waals surface area contributed by atoms with Gasteiger partial charge in [0.1, 0.15) is 0 Å². The highest BCUT2D eigenvalue weighted by Gasteiger charge is 2.47. The first-order chi connectivity index (χ1) is 7.44. The van der Waals surface area contributed by atoms with E-state index in [2.05, 4.69) is 0 Å². The second-order valence-electron chi connectivity index (χ2n) is 4.13. The van der Waals surface area contributed by atoms with Crippen molar-refractivity contribution in [3.05, 3.63) is 11.1 Å². The summed E-state index contributed by atoms with van der Waals surface area (Å²) in [5.41, 5.74) is 2.38. The topological polar surface area (TPSA) is 43.4 Å². The smallest absolute Gasteiger partial charge is 0.330 e. The first-order valence-corrected chi connectivity index (χ1v) is 6.40. The maximum absolute atomic E-state index is 11.9. The molecule has 1 atom stereocenters. The predicted molar refractivity (Wildman–Crippen MR) is 65.5 cm³/mol. The number of esters is 1. The summed E-state index contributed by atoms with van der Waals surface area (Å²) in [5, 5.41) is 0. The summed E-state index contributed by atoms with van der Waals surface area (Å²) in [6.07, 6.45) is 0.484. The molecule has 0 bridgehead atoms. The van der Waals surface area contributed by atoms with Gasteiger partial charge >= 0.3 is 5.97 Å². The van der Waals surface area contributed by atoms with Crippen molar-refractivity contribution in [2.75, 3.05) is 12.4 Å². The van der Waals surface area contributed by atoms with Crippen molar-refractivity contribution < 1.29 is 14.3 Å². The summed E-state index contributed by atoms with van der Waals surface area (Å²) in [7, 11) is 0. The Labute approximate surface area is 101 Å². The minimum absolute atomic E-state index is 0.109. The number of ketones is 1. The quantitative estimate of drug-likeness (QED) is 0.433. The SMILES string of the molecule is CCOC(=O)C1(C(C)=O)CC(C)=C(C)CS1. The summed E-state index contributed by atoms with van der Waals surface area (Å²) < 4.78 is 4.03. The van der Waals surface area contributed by atoms with E-state index in [0.717, 1.165) is 11.3 Å². The van der Waals surface area contributed by atoms with Crippen LogP contribution in [0.4, 0.5) is 0 Å². The van der Waals surface area contributed by atoms with Gasteiger partial charge in [-0.2, -0.15) is 0 Å². The van der Waals surface area contributed by atoms with Crippen LogP contribution in [0.1, 0.15) is 34.1 Å². The van der Waals surface area contributed by atoms with Gasteiger partial charge in [0.25, 0.3) is 0 Å². The zero-order valence-corrected chi connectivity index (χ0v) is 11.1. The maximum atomic E-state index is 11.9. The standard InChI is InChI=1S/C12H18O3S/c1-5-15-11(14)12(10(4)13)6-8(2)9(3)7-16-12/h5-7H2,1-4H3. The number of hydrogen-bond donors (Lipinski definition) is 0. The third-order valence-corrected chi connectivity index (χ3v) is 4.62. The molecule has 16 heavy (non-hydrogen) atoms. The van der Waals surface area contributed by atoms with Gasteiger partial charge in [0.15, 0.2) is 10.5 Å². The molecule has 0 aromatic carbocycles. The second kappa shape index (κ2) is 5.04. The fourth-order valence-electron chi connectivity index (χ4n) is 1.68. The number of ether oxygens (including phenoxy) is 1. The van der Waals surface area contributed by atoms with Crippen molar-refractivity contribution in [2.24, 2.45) is 0 Å². The molecule has 0 saturated carbocycles. The molecule has 0 aromatic rings. The van der Waals surface area contributed by atoms with E-state index in [9.17, 15) is 9.59 Å². The van der Waals surface area contributed by atoms with Crippen molar-refractivity contribution in [1.29, 1.82) is 0 Å². The van der Waals surface area contributed by atoms with E-state index >= 15 is 0 Å². The van der Waals surface area contributed by atoms with Crippen LogP contribution in [-0.4, -0.2) is 28.9 Å². The zero-order valence-electron chi connectivity index (χ0n) is 10.3. The molecule has 1 rings (SSSR count). The van der Waals surface area contributed by atoms with Gasteiger partial charge in [0.05, 0.1) is 6.61 Å². The number of carbonyl (C=O) groups excluding carboxylic acids is 2. The molecule has 1 unspecified atom stereocenters. The van der Waals surface area contributed by atoms with Crippen molar-refractivity contribution in [1.82, 2.24) is 0 Å². The van der Waals surface area contributed by atoms with E-state index in [-0.39, 0.29) is 11.8 Å². The molecular weight excluding hydrogens is 224 g/mol. The molecule has 0 spiro atoms. The van der Waals surface area contributed by atoms with E-state index in [1.807, 2.05) is 13.8 Å². The van der Waals surface area contributed by atoms with Crippen LogP contribution in [0, 0.1) is 0 Å². The van der Waals surface area contributed by atoms with Crippen LogP contribution < -0.4 is 0 Å². The molecule has 90 valence electrons. The molecule has 3 nitrogen and oxygen atoms in total. The Kier molecular flexibility index (Phi) is 4.19. The summed E-state index contributed by atoms with van der Waals surface area (Å²) in [6.45, 7) is 7.56. The molecule has 0 radical (unpaired) electrons. The fraction of sp³-hybridized carbons (Fsp3) is 0.667. The summed E-state index contributed by atoms with van der Waals surface area (Å²) in [4.78, 5) is 23.7. The lowest BCUT2D eigenvalue weighted by atomic mass is 9.93. The Hall–Kier alpha value is -0.770. The lowest BCUT2D eigenvalue weighted by molar-refractivity contribution is -0.148. The van der Waals surface area contributed by atoms with Gasteiger partial charge in [-0.05, 0) is 27.7 Å². The van der Waals surface area contributed by atoms with Gasteiger partial charge < -0.3 is 4.74 Å². The molecule has 4 heteroatoms. The average molecular weight is 242 g/mol. The number of hydrogen-bond acceptors (Lipinski definition) is 4. The molecule has 0 amide bonds. The summed E-state index contributed by atoms with van der Waals surface area (Å²) in [6, 6.07) is 0. The summed E-state index contributed by atoms with van der Waals surface area (Å²) in [5.74, 6) is 0.228. The highest BCUT2D eigenvalue weighted by Crippen LogP contribution is 2.40. The van der Waals surface area contributed by atoms with E-state index in [4.69, 9.17) is 4.74 Å². The highest BCUT2D eigenvalue weighted by atomic mass is 32.2. The van der Waals surface area contributed by atoms with Crippen LogP contribution in [0.2, 0.25) is 0 Å². The minimum atomic E-state index is -1.00. The first kappa shape index (κ1) is 13.3. The molecule has 0 fully saturated rings. The second-order valence-corrected chi connectivity index (χ2v) is 5.40. The number of rotatable bonds is 3. The van der Waals surface area contributed by atoms with Gasteiger partial charge in [-0.1, -0.05) is 11.1 Å². The molecular formula is C12H18O3S. The Balaban J connectivity index is 3.01. The predicted octanol–water partition coefficient (Wildman–Crippen LogP) is 2.35. The number of carbonyl (C=O) groups is 2. The van der Waals surface area contributed by atoms with Crippen LogP contribution in [0.3, 0.4) is 0 Å². The van der Waals surface area contributed by atoms with Crippen molar-refractivity contribution in [3.8, 4) is 0 Å². The van der Waals surface area contributed by atoms with E-state index in [1.165, 1.54) is 24.3 Å². The minimum Gasteiger partial charge on any atom is -0.465 e. The van der Waals surface area contributed by atoms with Crippen molar-refractivity contribution >= 4 is 23.5 Å². The monoisotopic (exact) mass is 242 g/mol. The molecule has 0 aliphatic carbocycles. The van der Waals surface area contributed by atoms with Crippen LogP contribution in [0.25, 0.3) is 0 Å². The third kappa shape index (κ3) is 2.32. The van der Waals surface area contributed by atoms with Crippen LogP contribution in [-0.2, 0) is 14.3 Å². The molecule has 1 aliphatic heterocycles. The number of allylic oxidation sites excluding steroid dienone is 1. The zero-order chi connectivity index (χ0) is 12.3. The Morgan fingerprint density at radius 2 is 2.00 bits per heavy atom. The number of thioether (sulfide) groups is 1. The Morgan fingerprint density at radius 3 is 2.44 bits per heavy atom. The van der Waals surface area contributed by atoms with Crippen molar-refractivity contribution in [2.45, 2.75) is 38.9 Å². The van der Waals surface area contributed by atoms with Gasteiger partial charge in [-0.25, -0.2) is 0 Å². The van der Waals surface area contributed by atoms with Gasteiger partial charge in [0, 0.05) is 12.2 Å². The average Bonchev–Trinajstić information content (AvgIpc) is 2.22. The molecule has 1 aliphatic rings. The van der Waals surface area contributed by atoms with Gasteiger partial charge in [-0.15, -0.1) is 11.8 Å². The van der Waals surface area contributed by atoms with Crippen LogP contribution in [0.5, 0.6) is 0 Å². The maximum Gasteiger partial charge on any atom is 0.330 e. The lowest BCUT2D eigenvalue weighted by Gasteiger charge is -2.33. The van der Waals surface area contributed by atoms with E-state index in [0.29, 0.717) is 13.0 Å². The fourth-order valence-corrected chi connectivity index (χ4v) is 3.09. The largest absolute Gasteiger partial charge is 0.465 e. The Bertz CT molecular complexity index is 346. The Morgan fingerprint density at radius 1 is 1.38 bits per heavy atom. The van der Waals surface area contributed by atoms with Gasteiger partial charge in [0.2, 0.25) is 0 Å². The first-order valence-electron chi connectivity index (χ1n) is 5.41. The molecule has 0 N–H and O–H groups in total. The number of Topliss-reactive ketones (excluding diaryl/α,β-unsaturated/α-hetero) is 1. The van der Waals surface area contributed by atoms with E-state index < -0.39 is 4.75 Å². The van der Waals surface area contributed by atoms with Crippen molar-refractivity contribution in [3.63, 3.8) is 0 Å². The molecule has 0 aromatic heterocycles. The van der Waals surface area contributed by atoms with Crippen LogP contribution in [0.15, 0.2) is 11.1 Å². The lowest BCUT2D eigenvalue weighted by Crippen LogP contribution is -2.45. The molecule has 1 heterocycles. The highest BCUT2D eigenvalue weighted by molar-refractivity contribution is 8.02. The van der Waals surface area contributed by atoms with E-state index in [1.54, 1.807) is 6.92 Å². The third-order valence-electron chi connectivity index (χ3n) is 2.95. The van der Waals surface area contributed by atoms with Crippen LogP contribution >= 0.6 is 11.8 Å². The van der Waals surface area contributed by atoms with Gasteiger partial charge in [-0.3, -0.25) is 9.59 Å². The summed E-state index contributed by atoms with van der Waals surface area (Å²) >= 11 is 1.40. The normalized spacial score (nSPS) is 25.5.